The highest BCUT2D eigenvalue weighted by Crippen LogP contribution is 2.19. The van der Waals surface area contributed by atoms with E-state index < -0.39 is 4.92 Å². The van der Waals surface area contributed by atoms with Gasteiger partial charge in [0.15, 0.2) is 0 Å². The van der Waals surface area contributed by atoms with Crippen molar-refractivity contribution in [1.82, 2.24) is 0 Å². The topological polar surface area (TPSA) is 55.5 Å². The Kier molecular flexibility index (Phi) is 3.66. The van der Waals surface area contributed by atoms with Crippen molar-refractivity contribution in [1.29, 1.82) is 0 Å². The Hall–Kier alpha value is -2.56. The molecule has 0 bridgehead atoms. The molecule has 4 nitrogen and oxygen atoms in total. The van der Waals surface area contributed by atoms with E-state index in [0.717, 1.165) is 0 Å². The maximum absolute atomic E-state index is 13.3. The quantitative estimate of drug-likeness (QED) is 0.477. The standard InChI is InChI=1S/C14H11FN2O2/c1-10-6-7-12(8-13(10)15)16-9-11-4-2-3-5-14(11)17(18)19/h2-9H,1H3. The molecule has 0 amide bonds. The van der Waals surface area contributed by atoms with Gasteiger partial charge in [-0.25, -0.2) is 4.39 Å². The van der Waals surface area contributed by atoms with Gasteiger partial charge in [0.25, 0.3) is 5.69 Å². The van der Waals surface area contributed by atoms with Gasteiger partial charge in [-0.05, 0) is 30.7 Å². The second-order valence-electron chi connectivity index (χ2n) is 4.01. The van der Waals surface area contributed by atoms with E-state index in [1.54, 1.807) is 37.3 Å². The van der Waals surface area contributed by atoms with Crippen molar-refractivity contribution in [2.75, 3.05) is 0 Å². The van der Waals surface area contributed by atoms with Gasteiger partial charge >= 0.3 is 0 Å². The summed E-state index contributed by atoms with van der Waals surface area (Å²) in [6.07, 6.45) is 1.36. The molecule has 96 valence electrons. The number of benzene rings is 2. The van der Waals surface area contributed by atoms with E-state index >= 15 is 0 Å². The van der Waals surface area contributed by atoms with Gasteiger partial charge in [0.1, 0.15) is 5.82 Å². The van der Waals surface area contributed by atoms with E-state index in [0.29, 0.717) is 16.8 Å². The summed E-state index contributed by atoms with van der Waals surface area (Å²) in [5.41, 5.74) is 1.30. The third-order valence-electron chi connectivity index (χ3n) is 2.64. The Morgan fingerprint density at radius 2 is 2.00 bits per heavy atom. The van der Waals surface area contributed by atoms with E-state index in [-0.39, 0.29) is 11.5 Å². The summed E-state index contributed by atoms with van der Waals surface area (Å²) in [6.45, 7) is 1.66. The molecular weight excluding hydrogens is 247 g/mol. The monoisotopic (exact) mass is 258 g/mol. The highest BCUT2D eigenvalue weighted by Gasteiger charge is 2.09. The number of nitrogens with zero attached hydrogens (tertiary/aromatic N) is 2. The fourth-order valence-electron chi connectivity index (χ4n) is 1.57. The third kappa shape index (κ3) is 3.01. The molecular formula is C14H11FN2O2. The molecule has 0 unspecified atom stereocenters. The smallest absolute Gasteiger partial charge is 0.258 e. The van der Waals surface area contributed by atoms with E-state index in [2.05, 4.69) is 4.99 Å². The number of hydrogen-bond donors (Lipinski definition) is 0. The number of nitro groups is 1. The average molecular weight is 258 g/mol. The van der Waals surface area contributed by atoms with E-state index in [1.165, 1.54) is 18.3 Å². The summed E-state index contributed by atoms with van der Waals surface area (Å²) in [4.78, 5) is 14.4. The Balaban J connectivity index is 2.32. The Morgan fingerprint density at radius 3 is 2.68 bits per heavy atom. The average Bonchev–Trinajstić information content (AvgIpc) is 2.40. The number of para-hydroxylation sites is 1. The van der Waals surface area contributed by atoms with Gasteiger partial charge in [-0.1, -0.05) is 18.2 Å². The third-order valence-corrected chi connectivity index (χ3v) is 2.64. The summed E-state index contributed by atoms with van der Waals surface area (Å²) in [6, 6.07) is 10.8. The van der Waals surface area contributed by atoms with Crippen molar-refractivity contribution in [2.24, 2.45) is 4.99 Å². The lowest BCUT2D eigenvalue weighted by molar-refractivity contribution is -0.385. The molecule has 0 aliphatic rings. The molecule has 0 aliphatic carbocycles. The molecule has 0 spiro atoms. The number of aryl methyl sites for hydroxylation is 1. The van der Waals surface area contributed by atoms with Gasteiger partial charge in [0, 0.05) is 12.3 Å². The normalized spacial score (nSPS) is 10.8. The molecule has 0 fully saturated rings. The van der Waals surface area contributed by atoms with Crippen LogP contribution in [0.5, 0.6) is 0 Å². The molecule has 19 heavy (non-hydrogen) atoms. The number of nitro benzene ring substituents is 1. The zero-order valence-electron chi connectivity index (χ0n) is 10.2. The van der Waals surface area contributed by atoms with Gasteiger partial charge in [0.05, 0.1) is 16.2 Å². The fraction of sp³-hybridized carbons (Fsp3) is 0.0714. The maximum Gasteiger partial charge on any atom is 0.278 e. The van der Waals surface area contributed by atoms with E-state index in [4.69, 9.17) is 0 Å². The molecule has 5 heteroatoms. The van der Waals surface area contributed by atoms with Crippen LogP contribution in [0.15, 0.2) is 47.5 Å². The van der Waals surface area contributed by atoms with Crippen LogP contribution in [-0.4, -0.2) is 11.1 Å². The van der Waals surface area contributed by atoms with Crippen LogP contribution in [0.3, 0.4) is 0 Å². The lowest BCUT2D eigenvalue weighted by atomic mass is 10.2. The Bertz CT molecular complexity index is 654. The number of halogens is 1. The van der Waals surface area contributed by atoms with Crippen molar-refractivity contribution < 1.29 is 9.31 Å². The summed E-state index contributed by atoms with van der Waals surface area (Å²) in [5, 5.41) is 10.8. The highest BCUT2D eigenvalue weighted by molar-refractivity contribution is 5.86. The molecule has 0 saturated carbocycles. The molecule has 2 aromatic carbocycles. The lowest BCUT2D eigenvalue weighted by Crippen LogP contribution is -1.93. The minimum absolute atomic E-state index is 0.0289. The number of rotatable bonds is 3. The first-order valence-corrected chi connectivity index (χ1v) is 5.61. The van der Waals surface area contributed by atoms with Crippen LogP contribution in [0, 0.1) is 22.9 Å². The van der Waals surface area contributed by atoms with Crippen molar-refractivity contribution in [3.05, 3.63) is 69.5 Å². The van der Waals surface area contributed by atoms with E-state index in [1.807, 2.05) is 0 Å². The van der Waals surface area contributed by atoms with Crippen LogP contribution in [0.2, 0.25) is 0 Å². The van der Waals surface area contributed by atoms with Crippen LogP contribution in [-0.2, 0) is 0 Å². The molecule has 2 rings (SSSR count). The lowest BCUT2D eigenvalue weighted by Gasteiger charge is -1.98. The SMILES string of the molecule is Cc1ccc(N=Cc2ccccc2[N+](=O)[O-])cc1F. The van der Waals surface area contributed by atoms with Gasteiger partial charge in [-0.15, -0.1) is 0 Å². The summed E-state index contributed by atoms with van der Waals surface area (Å²) in [5.74, 6) is -0.350. The maximum atomic E-state index is 13.3. The van der Waals surface area contributed by atoms with Gasteiger partial charge in [-0.3, -0.25) is 15.1 Å². The zero-order valence-corrected chi connectivity index (χ0v) is 10.2. The highest BCUT2D eigenvalue weighted by atomic mass is 19.1. The number of hydrogen-bond acceptors (Lipinski definition) is 3. The zero-order chi connectivity index (χ0) is 13.8. The van der Waals surface area contributed by atoms with Crippen LogP contribution >= 0.6 is 0 Å². The summed E-state index contributed by atoms with van der Waals surface area (Å²) < 4.78 is 13.3. The molecule has 0 heterocycles. The van der Waals surface area contributed by atoms with Crippen molar-refractivity contribution in [2.45, 2.75) is 6.92 Å². The van der Waals surface area contributed by atoms with Gasteiger partial charge in [-0.2, -0.15) is 0 Å². The molecule has 0 atom stereocenters. The Morgan fingerprint density at radius 1 is 1.26 bits per heavy atom. The van der Waals surface area contributed by atoms with Crippen molar-refractivity contribution in [3.63, 3.8) is 0 Å². The van der Waals surface area contributed by atoms with Crippen LogP contribution in [0.1, 0.15) is 11.1 Å². The second kappa shape index (κ2) is 5.39. The number of aliphatic imine (C=N–C) groups is 1. The first-order chi connectivity index (χ1) is 9.08. The summed E-state index contributed by atoms with van der Waals surface area (Å²) >= 11 is 0. The van der Waals surface area contributed by atoms with Crippen molar-refractivity contribution >= 4 is 17.6 Å². The molecule has 2 aromatic rings. The van der Waals surface area contributed by atoms with Gasteiger partial charge < -0.3 is 0 Å². The fourth-order valence-corrected chi connectivity index (χ4v) is 1.57. The van der Waals surface area contributed by atoms with Crippen LogP contribution in [0.4, 0.5) is 15.8 Å². The molecule has 0 radical (unpaired) electrons. The molecule has 0 N–H and O–H groups in total. The van der Waals surface area contributed by atoms with Crippen LogP contribution < -0.4 is 0 Å². The minimum atomic E-state index is -0.475. The predicted octanol–water partition coefficient (Wildman–Crippen LogP) is 3.79. The molecule has 0 aliphatic heterocycles. The van der Waals surface area contributed by atoms with Gasteiger partial charge in [0.2, 0.25) is 0 Å². The van der Waals surface area contributed by atoms with Crippen molar-refractivity contribution in [3.8, 4) is 0 Å². The second-order valence-corrected chi connectivity index (χ2v) is 4.01. The molecule has 0 saturated heterocycles. The van der Waals surface area contributed by atoms with Crippen LogP contribution in [0.25, 0.3) is 0 Å². The Labute approximate surface area is 109 Å². The first kappa shape index (κ1) is 12.9. The molecule has 0 aromatic heterocycles. The largest absolute Gasteiger partial charge is 0.278 e. The first-order valence-electron chi connectivity index (χ1n) is 5.61. The summed E-state index contributed by atoms with van der Waals surface area (Å²) in [7, 11) is 0. The minimum Gasteiger partial charge on any atom is -0.258 e. The van der Waals surface area contributed by atoms with E-state index in [9.17, 15) is 14.5 Å². The predicted molar refractivity (Wildman–Crippen MR) is 71.5 cm³/mol.